The van der Waals surface area contributed by atoms with E-state index in [9.17, 15) is 0 Å². The van der Waals surface area contributed by atoms with E-state index in [1.165, 1.54) is 50.1 Å². The van der Waals surface area contributed by atoms with Crippen molar-refractivity contribution in [1.29, 1.82) is 0 Å². The van der Waals surface area contributed by atoms with Gasteiger partial charge in [-0.2, -0.15) is 0 Å². The van der Waals surface area contributed by atoms with Crippen LogP contribution in [0.4, 0.5) is 0 Å². The fourth-order valence-corrected chi connectivity index (χ4v) is 3.39. The van der Waals surface area contributed by atoms with E-state index >= 15 is 0 Å². The van der Waals surface area contributed by atoms with Crippen LogP contribution >= 0.6 is 0 Å². The molecule has 3 rings (SSSR count). The Morgan fingerprint density at radius 3 is 1.52 bits per heavy atom. The minimum Gasteiger partial charge on any atom is -0.0620 e. The summed E-state index contributed by atoms with van der Waals surface area (Å²) < 4.78 is 0. The molecule has 0 atom stereocenters. The lowest BCUT2D eigenvalue weighted by molar-refractivity contribution is 1.34. The first-order chi connectivity index (χ1) is 11.0. The maximum atomic E-state index is 2.34. The monoisotopic (exact) mass is 300 g/mol. The SMILES string of the molecule is Cc1ccc(-c2cc(C)c(-c3ccccc3C)cc2C)c(C)c1. The van der Waals surface area contributed by atoms with Crippen molar-refractivity contribution >= 4 is 0 Å². The summed E-state index contributed by atoms with van der Waals surface area (Å²) in [4.78, 5) is 0. The molecule has 0 aromatic heterocycles. The zero-order valence-electron chi connectivity index (χ0n) is 14.7. The third-order valence-corrected chi connectivity index (χ3v) is 4.68. The van der Waals surface area contributed by atoms with Crippen LogP contribution in [0, 0.1) is 34.6 Å². The Labute approximate surface area is 139 Å². The van der Waals surface area contributed by atoms with E-state index in [1.807, 2.05) is 0 Å². The molecule has 0 fully saturated rings. The van der Waals surface area contributed by atoms with Gasteiger partial charge in [-0.3, -0.25) is 0 Å². The molecule has 3 aromatic rings. The number of benzene rings is 3. The summed E-state index contributed by atoms with van der Waals surface area (Å²) in [6.07, 6.45) is 0. The van der Waals surface area contributed by atoms with E-state index in [4.69, 9.17) is 0 Å². The summed E-state index contributed by atoms with van der Waals surface area (Å²) in [5, 5.41) is 0. The average Bonchev–Trinajstić information content (AvgIpc) is 2.50. The molecule has 0 aliphatic heterocycles. The predicted molar refractivity (Wildman–Crippen MR) is 101 cm³/mol. The van der Waals surface area contributed by atoms with Crippen LogP contribution in [-0.2, 0) is 0 Å². The van der Waals surface area contributed by atoms with Crippen molar-refractivity contribution < 1.29 is 0 Å². The van der Waals surface area contributed by atoms with Crippen molar-refractivity contribution in [2.75, 3.05) is 0 Å². The second kappa shape index (κ2) is 6.04. The van der Waals surface area contributed by atoms with Crippen molar-refractivity contribution in [1.82, 2.24) is 0 Å². The van der Waals surface area contributed by atoms with Gasteiger partial charge in [0.1, 0.15) is 0 Å². The van der Waals surface area contributed by atoms with Gasteiger partial charge in [-0.05, 0) is 79.1 Å². The Bertz CT molecular complexity index is 869. The summed E-state index contributed by atoms with van der Waals surface area (Å²) in [5.41, 5.74) is 12.0. The summed E-state index contributed by atoms with van der Waals surface area (Å²) in [6.45, 7) is 11.0. The van der Waals surface area contributed by atoms with Gasteiger partial charge in [-0.1, -0.05) is 60.2 Å². The predicted octanol–water partition coefficient (Wildman–Crippen LogP) is 6.56. The Hall–Kier alpha value is -2.34. The highest BCUT2D eigenvalue weighted by atomic mass is 14.2. The normalized spacial score (nSPS) is 10.8. The first-order valence-corrected chi connectivity index (χ1v) is 8.22. The van der Waals surface area contributed by atoms with Gasteiger partial charge in [-0.15, -0.1) is 0 Å². The van der Waals surface area contributed by atoms with Gasteiger partial charge in [0, 0.05) is 0 Å². The van der Waals surface area contributed by atoms with E-state index in [2.05, 4.69) is 89.2 Å². The van der Waals surface area contributed by atoms with E-state index in [0.717, 1.165) is 0 Å². The quantitative estimate of drug-likeness (QED) is 0.502. The van der Waals surface area contributed by atoms with E-state index < -0.39 is 0 Å². The average molecular weight is 300 g/mol. The minimum atomic E-state index is 1.32. The van der Waals surface area contributed by atoms with Gasteiger partial charge < -0.3 is 0 Å². The highest BCUT2D eigenvalue weighted by Crippen LogP contribution is 2.34. The van der Waals surface area contributed by atoms with Crippen molar-refractivity contribution in [3.05, 3.63) is 82.4 Å². The molecule has 116 valence electrons. The van der Waals surface area contributed by atoms with Gasteiger partial charge in [0.15, 0.2) is 0 Å². The largest absolute Gasteiger partial charge is 0.0620 e. The van der Waals surface area contributed by atoms with Gasteiger partial charge in [0.25, 0.3) is 0 Å². The van der Waals surface area contributed by atoms with E-state index in [0.29, 0.717) is 0 Å². The van der Waals surface area contributed by atoms with Crippen LogP contribution in [0.25, 0.3) is 22.3 Å². The molecule has 0 saturated heterocycles. The zero-order valence-corrected chi connectivity index (χ0v) is 14.7. The van der Waals surface area contributed by atoms with Gasteiger partial charge >= 0.3 is 0 Å². The molecular formula is C23H24. The fraction of sp³-hybridized carbons (Fsp3) is 0.217. The van der Waals surface area contributed by atoms with Crippen LogP contribution in [0.5, 0.6) is 0 Å². The second-order valence-corrected chi connectivity index (χ2v) is 6.62. The van der Waals surface area contributed by atoms with Crippen LogP contribution in [0.2, 0.25) is 0 Å². The lowest BCUT2D eigenvalue weighted by Crippen LogP contribution is -1.93. The van der Waals surface area contributed by atoms with Crippen molar-refractivity contribution in [2.45, 2.75) is 34.6 Å². The Morgan fingerprint density at radius 1 is 0.435 bits per heavy atom. The molecule has 3 aromatic carbocycles. The molecule has 0 amide bonds. The number of hydrogen-bond donors (Lipinski definition) is 0. The molecule has 0 heteroatoms. The molecule has 0 bridgehead atoms. The lowest BCUT2D eigenvalue weighted by Gasteiger charge is -2.16. The third-order valence-electron chi connectivity index (χ3n) is 4.68. The molecule has 23 heavy (non-hydrogen) atoms. The summed E-state index contributed by atoms with van der Waals surface area (Å²) in [6, 6.07) is 20.0. The molecule has 0 aliphatic rings. The van der Waals surface area contributed by atoms with Crippen molar-refractivity contribution in [3.8, 4) is 22.3 Å². The molecule has 0 unspecified atom stereocenters. The highest BCUT2D eigenvalue weighted by molar-refractivity contribution is 5.79. The molecule has 0 aliphatic carbocycles. The van der Waals surface area contributed by atoms with Crippen LogP contribution in [0.3, 0.4) is 0 Å². The molecule has 0 nitrogen and oxygen atoms in total. The van der Waals surface area contributed by atoms with Crippen LogP contribution in [0.15, 0.2) is 54.6 Å². The van der Waals surface area contributed by atoms with E-state index in [1.54, 1.807) is 0 Å². The molecule has 0 saturated carbocycles. The third kappa shape index (κ3) is 2.94. The Kier molecular flexibility index (Phi) is 4.09. The molecule has 0 N–H and O–H groups in total. The lowest BCUT2D eigenvalue weighted by atomic mass is 9.89. The Morgan fingerprint density at radius 2 is 0.957 bits per heavy atom. The first-order valence-electron chi connectivity index (χ1n) is 8.22. The molecular weight excluding hydrogens is 276 g/mol. The smallest absolute Gasteiger partial charge is 0.0149 e. The van der Waals surface area contributed by atoms with Gasteiger partial charge in [0.05, 0.1) is 0 Å². The van der Waals surface area contributed by atoms with Crippen LogP contribution in [-0.4, -0.2) is 0 Å². The second-order valence-electron chi connectivity index (χ2n) is 6.62. The fourth-order valence-electron chi connectivity index (χ4n) is 3.39. The summed E-state index contributed by atoms with van der Waals surface area (Å²) >= 11 is 0. The number of hydrogen-bond acceptors (Lipinski definition) is 0. The van der Waals surface area contributed by atoms with Crippen LogP contribution in [0.1, 0.15) is 27.8 Å². The maximum Gasteiger partial charge on any atom is -0.0149 e. The van der Waals surface area contributed by atoms with Gasteiger partial charge in [0.2, 0.25) is 0 Å². The minimum absolute atomic E-state index is 1.32. The molecule has 0 spiro atoms. The standard InChI is InChI=1S/C23H24/c1-15-10-11-21(17(3)12-15)23-14-18(4)22(13-19(23)5)20-9-7-6-8-16(20)2/h6-14H,1-5H3. The van der Waals surface area contributed by atoms with Crippen molar-refractivity contribution in [3.63, 3.8) is 0 Å². The first kappa shape index (κ1) is 15.6. The maximum absolute atomic E-state index is 2.34. The highest BCUT2D eigenvalue weighted by Gasteiger charge is 2.11. The number of aryl methyl sites for hydroxylation is 5. The van der Waals surface area contributed by atoms with Crippen LogP contribution < -0.4 is 0 Å². The van der Waals surface area contributed by atoms with Gasteiger partial charge in [-0.25, -0.2) is 0 Å². The summed E-state index contributed by atoms with van der Waals surface area (Å²) in [7, 11) is 0. The topological polar surface area (TPSA) is 0 Å². The molecule has 0 heterocycles. The summed E-state index contributed by atoms with van der Waals surface area (Å²) in [5.74, 6) is 0. The van der Waals surface area contributed by atoms with E-state index in [-0.39, 0.29) is 0 Å². The zero-order chi connectivity index (χ0) is 16.6. The molecule has 0 radical (unpaired) electrons. The number of rotatable bonds is 2. The Balaban J connectivity index is 2.17. The van der Waals surface area contributed by atoms with Crippen molar-refractivity contribution in [2.24, 2.45) is 0 Å².